The van der Waals surface area contributed by atoms with E-state index >= 15 is 0 Å². The highest BCUT2D eigenvalue weighted by atomic mass is 35.5. The second-order valence-electron chi connectivity index (χ2n) is 4.81. The number of hydrogen-bond donors (Lipinski definition) is 4. The maximum Gasteiger partial charge on any atom is 0.352 e. The first-order valence-electron chi connectivity index (χ1n) is 7.50. The van der Waals surface area contributed by atoms with Gasteiger partial charge in [-0.3, -0.25) is 0 Å². The third kappa shape index (κ3) is 6.96. The zero-order chi connectivity index (χ0) is 19.6. The van der Waals surface area contributed by atoms with E-state index in [1.165, 1.54) is 17.5 Å². The topological polar surface area (TPSA) is 133 Å². The summed E-state index contributed by atoms with van der Waals surface area (Å²) >= 11 is 7.22. The number of rotatable bonds is 8. The number of carboxylic acids is 2. The number of ether oxygens (including phenoxy) is 1. The lowest BCUT2D eigenvalue weighted by Gasteiger charge is -2.13. The molecule has 0 aliphatic rings. The first-order valence-corrected chi connectivity index (χ1v) is 8.76. The van der Waals surface area contributed by atoms with E-state index in [0.717, 1.165) is 0 Å². The van der Waals surface area contributed by atoms with Crippen molar-refractivity contribution in [2.75, 3.05) is 13.2 Å². The fraction of sp³-hybridized carbons (Fsp3) is 0.125. The minimum absolute atomic E-state index is 0.0163. The van der Waals surface area contributed by atoms with Crippen molar-refractivity contribution >= 4 is 46.0 Å². The van der Waals surface area contributed by atoms with E-state index in [4.69, 9.17) is 26.6 Å². The van der Waals surface area contributed by atoms with E-state index < -0.39 is 17.6 Å². The summed E-state index contributed by atoms with van der Waals surface area (Å²) in [5.74, 6) is -2.33. The molecule has 1 heterocycles. The van der Waals surface area contributed by atoms with E-state index in [-0.39, 0.29) is 19.1 Å². The van der Waals surface area contributed by atoms with Gasteiger partial charge in [0.15, 0.2) is 0 Å². The number of nitrogens with one attached hydrogen (secondary N) is 2. The molecule has 0 fully saturated rings. The molecule has 0 bridgehead atoms. The van der Waals surface area contributed by atoms with Crippen molar-refractivity contribution in [3.05, 3.63) is 52.6 Å². The average molecular weight is 411 g/mol. The number of aromatic nitrogens is 1. The summed E-state index contributed by atoms with van der Waals surface area (Å²) in [6.07, 6.45) is 2.06. The lowest BCUT2D eigenvalue weighted by molar-refractivity contribution is -0.135. The van der Waals surface area contributed by atoms with Crippen molar-refractivity contribution in [3.63, 3.8) is 0 Å². The van der Waals surface area contributed by atoms with E-state index in [9.17, 15) is 9.59 Å². The Kier molecular flexibility index (Phi) is 7.59. The van der Waals surface area contributed by atoms with Gasteiger partial charge in [-0.05, 0) is 12.1 Å². The van der Waals surface area contributed by atoms with E-state index in [1.54, 1.807) is 29.6 Å². The zero-order valence-electron chi connectivity index (χ0n) is 13.8. The van der Waals surface area contributed by atoms with Crippen molar-refractivity contribution in [3.8, 4) is 5.75 Å². The Labute approximate surface area is 163 Å². The predicted molar refractivity (Wildman–Crippen MR) is 101 cm³/mol. The Morgan fingerprint density at radius 2 is 2.11 bits per heavy atom. The van der Waals surface area contributed by atoms with Crippen molar-refractivity contribution < 1.29 is 24.5 Å². The summed E-state index contributed by atoms with van der Waals surface area (Å²) in [7, 11) is 0. The molecule has 0 spiro atoms. The van der Waals surface area contributed by atoms with Gasteiger partial charge in [0, 0.05) is 11.6 Å². The normalized spacial score (nSPS) is 11.7. The predicted octanol–water partition coefficient (Wildman–Crippen LogP) is 2.10. The van der Waals surface area contributed by atoms with Crippen LogP contribution >= 0.6 is 22.9 Å². The molecule has 11 heteroatoms. The SMILES string of the molecule is O=C(O)/C=C(\NC(=Nc1nccs1)NCCOc1ccccc1Cl)C(=O)O. The number of thiazole rings is 1. The largest absolute Gasteiger partial charge is 0.490 e. The number of para-hydroxylation sites is 1. The summed E-state index contributed by atoms with van der Waals surface area (Å²) < 4.78 is 5.52. The third-order valence-electron chi connectivity index (χ3n) is 2.87. The van der Waals surface area contributed by atoms with Crippen LogP contribution in [0, 0.1) is 0 Å². The highest BCUT2D eigenvalue weighted by Crippen LogP contribution is 2.22. The Bertz CT molecular complexity index is 854. The Morgan fingerprint density at radius 1 is 1.33 bits per heavy atom. The minimum Gasteiger partial charge on any atom is -0.490 e. The van der Waals surface area contributed by atoms with Crippen LogP contribution in [-0.4, -0.2) is 46.2 Å². The molecule has 0 unspecified atom stereocenters. The van der Waals surface area contributed by atoms with Crippen LogP contribution in [-0.2, 0) is 9.59 Å². The van der Waals surface area contributed by atoms with Gasteiger partial charge in [0.2, 0.25) is 11.1 Å². The number of aliphatic carboxylic acids is 2. The van der Waals surface area contributed by atoms with Crippen molar-refractivity contribution in [1.82, 2.24) is 15.6 Å². The molecular weight excluding hydrogens is 396 g/mol. The molecule has 0 radical (unpaired) electrons. The molecule has 0 saturated carbocycles. The van der Waals surface area contributed by atoms with Crippen LogP contribution < -0.4 is 15.4 Å². The molecule has 142 valence electrons. The van der Waals surface area contributed by atoms with E-state index in [1.807, 2.05) is 0 Å². The van der Waals surface area contributed by atoms with Crippen LogP contribution in [0.1, 0.15) is 0 Å². The van der Waals surface area contributed by atoms with Crippen molar-refractivity contribution in [1.29, 1.82) is 0 Å². The molecule has 0 aliphatic heterocycles. The van der Waals surface area contributed by atoms with E-state index in [0.29, 0.717) is 22.0 Å². The molecule has 0 atom stereocenters. The van der Waals surface area contributed by atoms with Crippen LogP contribution in [0.25, 0.3) is 0 Å². The fourth-order valence-corrected chi connectivity index (χ4v) is 2.47. The number of halogens is 1. The molecule has 1 aromatic carbocycles. The summed E-state index contributed by atoms with van der Waals surface area (Å²) in [6.45, 7) is 0.440. The Morgan fingerprint density at radius 3 is 2.74 bits per heavy atom. The van der Waals surface area contributed by atoms with Gasteiger partial charge < -0.3 is 25.6 Å². The van der Waals surface area contributed by atoms with Crippen LogP contribution in [0.3, 0.4) is 0 Å². The molecule has 0 saturated heterocycles. The summed E-state index contributed by atoms with van der Waals surface area (Å²) in [6, 6.07) is 6.96. The third-order valence-corrected chi connectivity index (χ3v) is 3.84. The monoisotopic (exact) mass is 410 g/mol. The van der Waals surface area contributed by atoms with Crippen LogP contribution in [0.2, 0.25) is 5.02 Å². The van der Waals surface area contributed by atoms with Crippen molar-refractivity contribution in [2.24, 2.45) is 4.99 Å². The zero-order valence-corrected chi connectivity index (χ0v) is 15.3. The van der Waals surface area contributed by atoms with Gasteiger partial charge in [-0.2, -0.15) is 4.99 Å². The quantitative estimate of drug-likeness (QED) is 0.225. The maximum absolute atomic E-state index is 11.2. The smallest absolute Gasteiger partial charge is 0.352 e. The molecule has 27 heavy (non-hydrogen) atoms. The lowest BCUT2D eigenvalue weighted by Crippen LogP contribution is -2.40. The molecule has 4 N–H and O–H groups in total. The number of carbonyl (C=O) groups is 2. The molecule has 1 aromatic heterocycles. The van der Waals surface area contributed by atoms with Gasteiger partial charge in [-0.15, -0.1) is 11.3 Å². The van der Waals surface area contributed by atoms with Gasteiger partial charge in [-0.1, -0.05) is 23.7 Å². The number of guanidine groups is 1. The van der Waals surface area contributed by atoms with Crippen molar-refractivity contribution in [2.45, 2.75) is 0 Å². The minimum atomic E-state index is -1.45. The molecular formula is C16H15ClN4O5S. The molecule has 9 nitrogen and oxygen atoms in total. The standard InChI is InChI=1S/C16H15ClN4O5S/c17-10-3-1-2-4-12(10)26-7-5-18-15(21-16-19-6-8-27-16)20-11(14(24)25)9-13(22)23/h1-4,6,8-9H,5,7H2,(H,22,23)(H,24,25)(H2,18,19,20,21)/b11-9-. The molecule has 0 aliphatic carbocycles. The second kappa shape index (κ2) is 10.1. The summed E-state index contributed by atoms with van der Waals surface area (Å²) in [5, 5.41) is 25.7. The summed E-state index contributed by atoms with van der Waals surface area (Å²) in [4.78, 5) is 30.1. The molecule has 2 rings (SSSR count). The Hall–Kier alpha value is -3.11. The van der Waals surface area contributed by atoms with Gasteiger partial charge in [0.25, 0.3) is 0 Å². The number of benzene rings is 1. The second-order valence-corrected chi connectivity index (χ2v) is 6.09. The van der Waals surface area contributed by atoms with Crippen LogP contribution in [0.5, 0.6) is 5.75 Å². The number of carboxylic acid groups (broad SMARTS) is 2. The first-order chi connectivity index (χ1) is 13.0. The van der Waals surface area contributed by atoms with Gasteiger partial charge in [-0.25, -0.2) is 14.6 Å². The first kappa shape index (κ1) is 20.2. The summed E-state index contributed by atoms with van der Waals surface area (Å²) in [5.41, 5.74) is -0.558. The Balaban J connectivity index is 2.03. The number of nitrogens with zero attached hydrogens (tertiary/aromatic N) is 2. The molecule has 0 amide bonds. The van der Waals surface area contributed by atoms with Gasteiger partial charge in [0.05, 0.1) is 17.6 Å². The van der Waals surface area contributed by atoms with Gasteiger partial charge in [0.1, 0.15) is 18.1 Å². The average Bonchev–Trinajstić information content (AvgIpc) is 3.12. The lowest BCUT2D eigenvalue weighted by atomic mass is 10.3. The van der Waals surface area contributed by atoms with Crippen LogP contribution in [0.15, 0.2) is 52.6 Å². The maximum atomic E-state index is 11.2. The highest BCUT2D eigenvalue weighted by Gasteiger charge is 2.13. The molecule has 2 aromatic rings. The van der Waals surface area contributed by atoms with Gasteiger partial charge >= 0.3 is 11.9 Å². The number of aliphatic imine (C=N–C) groups is 1. The van der Waals surface area contributed by atoms with Crippen LogP contribution in [0.4, 0.5) is 5.13 Å². The highest BCUT2D eigenvalue weighted by molar-refractivity contribution is 7.13. The number of hydrogen-bond acceptors (Lipinski definition) is 6. The van der Waals surface area contributed by atoms with E-state index in [2.05, 4.69) is 20.6 Å². The fourth-order valence-electron chi connectivity index (χ4n) is 1.77.